The molecule has 0 atom stereocenters. The largest absolute Gasteiger partial charge is 0.478 e. The van der Waals surface area contributed by atoms with Gasteiger partial charge in [0.05, 0.1) is 12.4 Å². The molecule has 18 heavy (non-hydrogen) atoms. The average Bonchev–Trinajstić information content (AvgIpc) is 2.29. The minimum Gasteiger partial charge on any atom is -0.478 e. The number of nitrogens with one attached hydrogen (secondary N) is 1. The predicted octanol–water partition coefficient (Wildman–Crippen LogP) is 0.179. The Balaban J connectivity index is 2.51. The molecule has 1 aromatic rings. The molecule has 7 nitrogen and oxygen atoms in total. The molecule has 1 N–H and O–H groups in total. The molecule has 0 amide bonds. The monoisotopic (exact) mass is 274 g/mol. The Kier molecular flexibility index (Phi) is 5.29. The highest BCUT2D eigenvalue weighted by Crippen LogP contribution is 2.10. The fourth-order valence-corrected chi connectivity index (χ4v) is 1.88. The molecule has 0 saturated heterocycles. The van der Waals surface area contributed by atoms with Crippen molar-refractivity contribution in [2.75, 3.05) is 38.3 Å². The average molecular weight is 274 g/mol. The third kappa shape index (κ3) is 4.46. The van der Waals surface area contributed by atoms with Crippen LogP contribution in [0.2, 0.25) is 0 Å². The van der Waals surface area contributed by atoms with Crippen molar-refractivity contribution in [3.05, 3.63) is 12.4 Å². The lowest BCUT2D eigenvalue weighted by Gasteiger charge is -2.12. The molecular formula is C10H18N4O3S. The van der Waals surface area contributed by atoms with E-state index in [0.717, 1.165) is 0 Å². The Morgan fingerprint density at radius 3 is 2.72 bits per heavy atom. The van der Waals surface area contributed by atoms with E-state index < -0.39 is 10.0 Å². The van der Waals surface area contributed by atoms with Crippen molar-refractivity contribution in [3.63, 3.8) is 0 Å². The van der Waals surface area contributed by atoms with Gasteiger partial charge in [0.1, 0.15) is 12.1 Å². The topological polar surface area (TPSA) is 84.4 Å². The van der Waals surface area contributed by atoms with E-state index in [-0.39, 0.29) is 12.3 Å². The van der Waals surface area contributed by atoms with Gasteiger partial charge < -0.3 is 10.1 Å². The second-order valence-electron chi connectivity index (χ2n) is 3.70. The van der Waals surface area contributed by atoms with E-state index in [2.05, 4.69) is 15.3 Å². The highest BCUT2D eigenvalue weighted by atomic mass is 32.2. The number of aromatic nitrogens is 2. The molecule has 0 aliphatic carbocycles. The van der Waals surface area contributed by atoms with Gasteiger partial charge >= 0.3 is 0 Å². The molecule has 0 bridgehead atoms. The predicted molar refractivity (Wildman–Crippen MR) is 69.2 cm³/mol. The Bertz CT molecular complexity index is 476. The first-order valence-electron chi connectivity index (χ1n) is 5.54. The molecule has 1 heterocycles. The van der Waals surface area contributed by atoms with Crippen molar-refractivity contribution in [2.24, 2.45) is 0 Å². The fourth-order valence-electron chi connectivity index (χ4n) is 1.15. The number of hydrogen-bond donors (Lipinski definition) is 1. The lowest BCUT2D eigenvalue weighted by Crippen LogP contribution is -2.28. The normalized spacial score (nSPS) is 11.6. The summed E-state index contributed by atoms with van der Waals surface area (Å²) in [7, 11) is -0.178. The van der Waals surface area contributed by atoms with E-state index in [9.17, 15) is 8.42 Å². The van der Waals surface area contributed by atoms with Crippen molar-refractivity contribution in [1.82, 2.24) is 14.3 Å². The second kappa shape index (κ2) is 6.50. The van der Waals surface area contributed by atoms with Crippen LogP contribution in [0.25, 0.3) is 0 Å². The first-order valence-corrected chi connectivity index (χ1v) is 7.15. The highest BCUT2D eigenvalue weighted by Gasteiger charge is 2.12. The van der Waals surface area contributed by atoms with Gasteiger partial charge in [-0.05, 0) is 6.92 Å². The molecule has 102 valence electrons. The van der Waals surface area contributed by atoms with Gasteiger partial charge in [-0.3, -0.25) is 0 Å². The summed E-state index contributed by atoms with van der Waals surface area (Å²) in [5, 5.41) is 2.92. The molecular weight excluding hydrogens is 256 g/mol. The molecule has 1 rings (SSSR count). The second-order valence-corrected chi connectivity index (χ2v) is 6.00. The smallest absolute Gasteiger partial charge is 0.218 e. The standard InChI is InChI=1S/C10H18N4O3S/c1-4-17-10-7-9(12-8-13-10)11-5-6-18(15,16)14(2)3/h7-8H,4-6H2,1-3H3,(H,11,12,13). The molecule has 0 spiro atoms. The Morgan fingerprint density at radius 2 is 2.11 bits per heavy atom. The van der Waals surface area contributed by atoms with E-state index in [1.54, 1.807) is 6.07 Å². The van der Waals surface area contributed by atoms with E-state index >= 15 is 0 Å². The van der Waals surface area contributed by atoms with E-state index in [0.29, 0.717) is 18.3 Å². The molecule has 0 fully saturated rings. The number of sulfonamides is 1. The lowest BCUT2D eigenvalue weighted by molar-refractivity contribution is 0.326. The fraction of sp³-hybridized carbons (Fsp3) is 0.600. The van der Waals surface area contributed by atoms with Gasteiger partial charge in [-0.15, -0.1) is 0 Å². The molecule has 1 aromatic heterocycles. The van der Waals surface area contributed by atoms with Crippen LogP contribution in [-0.2, 0) is 10.0 Å². The summed E-state index contributed by atoms with van der Waals surface area (Å²) in [6.45, 7) is 2.66. The van der Waals surface area contributed by atoms with Crippen LogP contribution < -0.4 is 10.1 Å². The minimum atomic E-state index is -3.19. The molecule has 0 saturated carbocycles. The van der Waals surface area contributed by atoms with Crippen LogP contribution in [0.3, 0.4) is 0 Å². The van der Waals surface area contributed by atoms with Gasteiger partial charge in [0.2, 0.25) is 15.9 Å². The summed E-state index contributed by atoms with van der Waals surface area (Å²) in [4.78, 5) is 7.89. The number of anilines is 1. The molecule has 0 radical (unpaired) electrons. The lowest BCUT2D eigenvalue weighted by atomic mass is 10.5. The Labute approximate surface area is 107 Å². The first-order chi connectivity index (χ1) is 8.45. The van der Waals surface area contributed by atoms with Crippen molar-refractivity contribution in [1.29, 1.82) is 0 Å². The molecule has 0 aromatic carbocycles. The van der Waals surface area contributed by atoms with Gasteiger partial charge in [-0.1, -0.05) is 0 Å². The van der Waals surface area contributed by atoms with Crippen LogP contribution in [0.15, 0.2) is 12.4 Å². The third-order valence-corrected chi connectivity index (χ3v) is 3.99. The zero-order valence-electron chi connectivity index (χ0n) is 10.8. The SMILES string of the molecule is CCOc1cc(NCCS(=O)(=O)N(C)C)ncn1. The van der Waals surface area contributed by atoms with Gasteiger partial charge in [0.25, 0.3) is 0 Å². The van der Waals surface area contributed by atoms with Crippen LogP contribution in [0.4, 0.5) is 5.82 Å². The van der Waals surface area contributed by atoms with Crippen LogP contribution in [-0.4, -0.2) is 55.7 Å². The summed E-state index contributed by atoms with van der Waals surface area (Å²) in [6.07, 6.45) is 1.37. The molecule has 0 aliphatic heterocycles. The van der Waals surface area contributed by atoms with Crippen LogP contribution in [0.5, 0.6) is 5.88 Å². The summed E-state index contributed by atoms with van der Waals surface area (Å²) < 4.78 is 29.4. The molecule has 8 heteroatoms. The first kappa shape index (κ1) is 14.7. The maximum Gasteiger partial charge on any atom is 0.218 e. The van der Waals surface area contributed by atoms with Crippen molar-refractivity contribution in [3.8, 4) is 5.88 Å². The maximum atomic E-state index is 11.5. The van der Waals surface area contributed by atoms with E-state index in [4.69, 9.17) is 4.74 Å². The number of hydrogen-bond acceptors (Lipinski definition) is 6. The summed E-state index contributed by atoms with van der Waals surface area (Å²) in [5.41, 5.74) is 0. The number of rotatable bonds is 7. The number of nitrogens with zero attached hydrogens (tertiary/aromatic N) is 3. The zero-order chi connectivity index (χ0) is 13.6. The minimum absolute atomic E-state index is 0.00791. The van der Waals surface area contributed by atoms with Crippen LogP contribution >= 0.6 is 0 Å². The van der Waals surface area contributed by atoms with E-state index in [1.165, 1.54) is 24.7 Å². The zero-order valence-corrected chi connectivity index (χ0v) is 11.6. The maximum absolute atomic E-state index is 11.5. The third-order valence-electron chi connectivity index (χ3n) is 2.16. The highest BCUT2D eigenvalue weighted by molar-refractivity contribution is 7.89. The summed E-state index contributed by atoms with van der Waals surface area (Å²) in [6, 6.07) is 1.63. The van der Waals surface area contributed by atoms with Gasteiger partial charge in [0.15, 0.2) is 0 Å². The summed E-state index contributed by atoms with van der Waals surface area (Å²) >= 11 is 0. The van der Waals surface area contributed by atoms with Crippen molar-refractivity contribution >= 4 is 15.8 Å². The van der Waals surface area contributed by atoms with Crippen LogP contribution in [0, 0.1) is 0 Å². The van der Waals surface area contributed by atoms with Crippen molar-refractivity contribution < 1.29 is 13.2 Å². The van der Waals surface area contributed by atoms with Crippen LogP contribution in [0.1, 0.15) is 6.92 Å². The Hall–Kier alpha value is -1.41. The number of ether oxygens (including phenoxy) is 1. The van der Waals surface area contributed by atoms with Gasteiger partial charge in [-0.25, -0.2) is 22.7 Å². The quantitative estimate of drug-likeness (QED) is 0.763. The Morgan fingerprint density at radius 1 is 1.39 bits per heavy atom. The van der Waals surface area contributed by atoms with E-state index in [1.807, 2.05) is 6.92 Å². The van der Waals surface area contributed by atoms with Gasteiger partial charge in [-0.2, -0.15) is 0 Å². The van der Waals surface area contributed by atoms with Gasteiger partial charge in [0, 0.05) is 26.7 Å². The molecule has 0 aliphatic rings. The van der Waals surface area contributed by atoms with Crippen molar-refractivity contribution in [2.45, 2.75) is 6.92 Å². The summed E-state index contributed by atoms with van der Waals surface area (Å²) in [5.74, 6) is 1.02. The molecule has 0 unspecified atom stereocenters.